The van der Waals surface area contributed by atoms with Gasteiger partial charge in [0.1, 0.15) is 6.04 Å². The fraction of sp³-hybridized carbons (Fsp3) is 0.864. The maximum Gasteiger partial charge on any atom is 0.327 e. The quantitative estimate of drug-likeness (QED) is 0.526. The lowest BCUT2D eigenvalue weighted by Gasteiger charge is -2.28. The van der Waals surface area contributed by atoms with Gasteiger partial charge in [0.05, 0.1) is 0 Å². The highest BCUT2D eigenvalue weighted by atomic mass is 32.2. The molecular weight excluding hydrogens is 388 g/mol. The van der Waals surface area contributed by atoms with E-state index in [0.29, 0.717) is 30.4 Å². The van der Waals surface area contributed by atoms with Crippen molar-refractivity contribution in [1.82, 2.24) is 10.2 Å². The molecule has 29 heavy (non-hydrogen) atoms. The first-order valence-corrected chi connectivity index (χ1v) is 12.4. The lowest BCUT2D eigenvalue weighted by molar-refractivity contribution is -0.141. The molecule has 6 nitrogen and oxygen atoms in total. The topological polar surface area (TPSA) is 86.7 Å². The fourth-order valence-electron chi connectivity index (χ4n) is 4.28. The molecule has 0 radical (unpaired) electrons. The Balaban J connectivity index is 1.75. The Hall–Kier alpha value is -1.24. The Kier molecular flexibility index (Phi) is 10.3. The zero-order chi connectivity index (χ0) is 21.2. The van der Waals surface area contributed by atoms with Gasteiger partial charge in [0.15, 0.2) is 0 Å². The van der Waals surface area contributed by atoms with E-state index in [4.69, 9.17) is 0 Å². The maximum absolute atomic E-state index is 12.8. The van der Waals surface area contributed by atoms with Gasteiger partial charge in [-0.1, -0.05) is 33.1 Å². The van der Waals surface area contributed by atoms with E-state index in [0.717, 1.165) is 31.6 Å². The number of carbonyl (C=O) groups excluding carboxylic acids is 2. The molecule has 2 rings (SSSR count). The number of carbonyl (C=O) groups is 3. The first-order valence-electron chi connectivity index (χ1n) is 11.3. The molecule has 1 saturated heterocycles. The number of thioether (sulfide) groups is 1. The van der Waals surface area contributed by atoms with Crippen molar-refractivity contribution in [2.24, 2.45) is 11.8 Å². The van der Waals surface area contributed by atoms with E-state index >= 15 is 0 Å². The van der Waals surface area contributed by atoms with Crippen LogP contribution in [-0.4, -0.2) is 57.9 Å². The number of aliphatic carboxylic acids is 1. The molecule has 0 aromatic carbocycles. The summed E-state index contributed by atoms with van der Waals surface area (Å²) < 4.78 is 0. The minimum Gasteiger partial charge on any atom is -0.480 e. The van der Waals surface area contributed by atoms with Crippen molar-refractivity contribution in [1.29, 1.82) is 0 Å². The molecule has 0 aromatic heterocycles. The minimum atomic E-state index is -0.993. The van der Waals surface area contributed by atoms with Gasteiger partial charge < -0.3 is 15.3 Å². The lowest BCUT2D eigenvalue weighted by atomic mass is 9.86. The number of nitrogens with zero attached hydrogens (tertiary/aromatic N) is 1. The summed E-state index contributed by atoms with van der Waals surface area (Å²) in [6, 6.07) is -0.672. The van der Waals surface area contributed by atoms with Crippen LogP contribution >= 0.6 is 11.8 Å². The number of carboxylic acid groups (broad SMARTS) is 1. The minimum absolute atomic E-state index is 0.196. The molecule has 1 unspecified atom stereocenters. The summed E-state index contributed by atoms with van der Waals surface area (Å²) in [7, 11) is 0. The van der Waals surface area contributed by atoms with Gasteiger partial charge >= 0.3 is 5.97 Å². The third-order valence-electron chi connectivity index (χ3n) is 6.06. The van der Waals surface area contributed by atoms with Gasteiger partial charge in [-0.2, -0.15) is 11.8 Å². The van der Waals surface area contributed by atoms with Crippen LogP contribution in [0.5, 0.6) is 0 Å². The van der Waals surface area contributed by atoms with E-state index in [1.807, 2.05) is 18.7 Å². The number of hydrogen-bond donors (Lipinski definition) is 2. The van der Waals surface area contributed by atoms with Crippen LogP contribution in [0.15, 0.2) is 0 Å². The first-order chi connectivity index (χ1) is 13.9. The van der Waals surface area contributed by atoms with E-state index in [2.05, 4.69) is 5.32 Å². The molecule has 1 heterocycles. The zero-order valence-electron chi connectivity index (χ0n) is 18.0. The lowest BCUT2D eigenvalue weighted by Crippen LogP contribution is -2.43. The van der Waals surface area contributed by atoms with Gasteiger partial charge in [-0.25, -0.2) is 4.79 Å². The molecule has 2 atom stereocenters. The van der Waals surface area contributed by atoms with Crippen LogP contribution in [0.3, 0.4) is 0 Å². The summed E-state index contributed by atoms with van der Waals surface area (Å²) in [6.07, 6.45) is 9.94. The molecule has 1 aliphatic carbocycles. The van der Waals surface area contributed by atoms with Crippen LogP contribution in [0.4, 0.5) is 0 Å². The van der Waals surface area contributed by atoms with Gasteiger partial charge in [0.25, 0.3) is 0 Å². The van der Waals surface area contributed by atoms with Crippen molar-refractivity contribution in [2.45, 2.75) is 90.1 Å². The number of hydrogen-bond acceptors (Lipinski definition) is 4. The molecule has 0 aromatic rings. The summed E-state index contributed by atoms with van der Waals surface area (Å²) in [4.78, 5) is 38.3. The molecule has 7 heteroatoms. The van der Waals surface area contributed by atoms with Crippen molar-refractivity contribution in [3.05, 3.63) is 0 Å². The average Bonchev–Trinajstić information content (AvgIpc) is 3.15. The number of amides is 2. The predicted molar refractivity (Wildman–Crippen MR) is 117 cm³/mol. The Morgan fingerprint density at radius 3 is 2.48 bits per heavy atom. The number of rotatable bonds is 11. The Bertz CT molecular complexity index is 549. The summed E-state index contributed by atoms with van der Waals surface area (Å²) >= 11 is 1.53. The highest BCUT2D eigenvalue weighted by Crippen LogP contribution is 2.29. The van der Waals surface area contributed by atoms with E-state index < -0.39 is 12.0 Å². The second kappa shape index (κ2) is 12.5. The van der Waals surface area contributed by atoms with Gasteiger partial charge in [-0.3, -0.25) is 9.59 Å². The monoisotopic (exact) mass is 426 g/mol. The van der Waals surface area contributed by atoms with E-state index in [1.165, 1.54) is 43.9 Å². The molecule has 2 amide bonds. The second-order valence-electron chi connectivity index (χ2n) is 9.02. The average molecular weight is 427 g/mol. The van der Waals surface area contributed by atoms with Gasteiger partial charge in [0.2, 0.25) is 11.8 Å². The highest BCUT2D eigenvalue weighted by molar-refractivity contribution is 7.99. The van der Waals surface area contributed by atoms with E-state index in [9.17, 15) is 19.5 Å². The standard InChI is InChI=1S/C22H38N2O4S/c1-16(2)10-11-20(25)23-19(22(27)28)15-29-14-18-9-6-12-24(18)21(26)13-17-7-4-3-5-8-17/h16-19H,3-15H2,1-2H3,(H,23,25)(H,27,28)/t18-,19?/m0/s1. The van der Waals surface area contributed by atoms with Crippen molar-refractivity contribution < 1.29 is 19.5 Å². The summed E-state index contributed by atoms with van der Waals surface area (Å²) in [5.74, 6) is 1.12. The highest BCUT2D eigenvalue weighted by Gasteiger charge is 2.31. The molecule has 1 saturated carbocycles. The Morgan fingerprint density at radius 2 is 1.83 bits per heavy atom. The number of carboxylic acids is 1. The van der Waals surface area contributed by atoms with Gasteiger partial charge in [0, 0.05) is 36.9 Å². The summed E-state index contributed by atoms with van der Waals surface area (Å²) in [5, 5.41) is 12.1. The molecule has 2 aliphatic rings. The van der Waals surface area contributed by atoms with Gasteiger partial charge in [-0.15, -0.1) is 0 Å². The van der Waals surface area contributed by atoms with Crippen LogP contribution in [-0.2, 0) is 14.4 Å². The van der Waals surface area contributed by atoms with E-state index in [1.54, 1.807) is 0 Å². The number of likely N-dealkylation sites (tertiary alicyclic amines) is 1. The summed E-state index contributed by atoms with van der Waals surface area (Å²) in [6.45, 7) is 4.91. The third-order valence-corrected chi connectivity index (χ3v) is 7.25. The summed E-state index contributed by atoms with van der Waals surface area (Å²) in [5.41, 5.74) is 0. The maximum atomic E-state index is 12.8. The van der Waals surface area contributed by atoms with Crippen LogP contribution in [0, 0.1) is 11.8 Å². The molecule has 2 N–H and O–H groups in total. The molecular formula is C22H38N2O4S. The molecule has 0 spiro atoms. The molecule has 1 aliphatic heterocycles. The molecule has 166 valence electrons. The van der Waals surface area contributed by atoms with Crippen molar-refractivity contribution in [3.8, 4) is 0 Å². The largest absolute Gasteiger partial charge is 0.480 e. The third kappa shape index (κ3) is 8.57. The smallest absolute Gasteiger partial charge is 0.327 e. The van der Waals surface area contributed by atoms with Crippen LogP contribution in [0.1, 0.15) is 78.1 Å². The molecule has 0 bridgehead atoms. The second-order valence-corrected chi connectivity index (χ2v) is 10.1. The van der Waals surface area contributed by atoms with Crippen LogP contribution < -0.4 is 5.32 Å². The predicted octanol–water partition coefficient (Wildman–Crippen LogP) is 3.69. The number of nitrogens with one attached hydrogen (secondary N) is 1. The van der Waals surface area contributed by atoms with Crippen molar-refractivity contribution >= 4 is 29.5 Å². The van der Waals surface area contributed by atoms with Crippen LogP contribution in [0.2, 0.25) is 0 Å². The van der Waals surface area contributed by atoms with Gasteiger partial charge in [-0.05, 0) is 43.9 Å². The molecule has 2 fully saturated rings. The van der Waals surface area contributed by atoms with Crippen molar-refractivity contribution in [2.75, 3.05) is 18.1 Å². The van der Waals surface area contributed by atoms with Crippen molar-refractivity contribution in [3.63, 3.8) is 0 Å². The Labute approximate surface area is 179 Å². The normalized spacial score (nSPS) is 21.3. The zero-order valence-corrected chi connectivity index (χ0v) is 18.8. The Morgan fingerprint density at radius 1 is 1.10 bits per heavy atom. The first kappa shape index (κ1) is 24.0. The van der Waals surface area contributed by atoms with Crippen LogP contribution in [0.25, 0.3) is 0 Å². The SMILES string of the molecule is CC(C)CCC(=O)NC(CSC[C@@H]1CCCN1C(=O)CC1CCCCC1)C(=O)O. The fourth-order valence-corrected chi connectivity index (χ4v) is 5.49. The van der Waals surface area contributed by atoms with E-state index in [-0.39, 0.29) is 17.9 Å².